The minimum Gasteiger partial charge on any atom is -0.311 e. The molecule has 3 aromatic rings. The zero-order valence-electron chi connectivity index (χ0n) is 12.2. The number of halogens is 1. The summed E-state index contributed by atoms with van der Waals surface area (Å²) in [7, 11) is 0. The first-order chi connectivity index (χ1) is 11.3. The van der Waals surface area contributed by atoms with Crippen LogP contribution in [-0.2, 0) is 6.54 Å². The van der Waals surface area contributed by atoms with Crippen LogP contribution in [0.5, 0.6) is 0 Å². The van der Waals surface area contributed by atoms with E-state index in [9.17, 15) is 0 Å². The second-order valence-electron chi connectivity index (χ2n) is 4.67. The maximum Gasteiger partial charge on any atom is 0.211 e. The van der Waals surface area contributed by atoms with Gasteiger partial charge in [-0.2, -0.15) is 5.10 Å². The van der Waals surface area contributed by atoms with Gasteiger partial charge >= 0.3 is 0 Å². The lowest BCUT2D eigenvalue weighted by molar-refractivity contribution is 0.789. The highest BCUT2D eigenvalue weighted by atomic mass is 35.5. The molecule has 0 N–H and O–H groups in total. The van der Waals surface area contributed by atoms with E-state index in [-0.39, 0.29) is 0 Å². The van der Waals surface area contributed by atoms with E-state index in [1.165, 1.54) is 0 Å². The third-order valence-corrected chi connectivity index (χ3v) is 5.03. The molecule has 0 radical (unpaired) electrons. The first kappa shape index (κ1) is 15.9. The molecule has 3 nitrogen and oxygen atoms in total. The van der Waals surface area contributed by atoms with E-state index in [2.05, 4.69) is 26.7 Å². The standard InChI is InChI=1S/C17H14ClN3S2/c1-2-9-21-16(13-5-7-14(18)8-6-13)12-23-17(21)20-19-11-15-4-3-10-22-15/h2-8,10-12H,1,9H2/b19-11+,20-17+. The highest BCUT2D eigenvalue weighted by Gasteiger charge is 2.06. The van der Waals surface area contributed by atoms with Crippen molar-refractivity contribution in [2.45, 2.75) is 6.54 Å². The van der Waals surface area contributed by atoms with Gasteiger partial charge in [-0.1, -0.05) is 35.9 Å². The van der Waals surface area contributed by atoms with Crippen LogP contribution in [0.25, 0.3) is 11.3 Å². The van der Waals surface area contributed by atoms with E-state index in [0.29, 0.717) is 6.54 Å². The Balaban J connectivity index is 1.98. The van der Waals surface area contributed by atoms with Gasteiger partial charge in [-0.15, -0.1) is 34.4 Å². The van der Waals surface area contributed by atoms with Crippen molar-refractivity contribution in [1.29, 1.82) is 0 Å². The minimum atomic E-state index is 0.675. The van der Waals surface area contributed by atoms with Gasteiger partial charge in [0, 0.05) is 21.8 Å². The van der Waals surface area contributed by atoms with Crippen molar-refractivity contribution in [3.05, 3.63) is 74.5 Å². The lowest BCUT2D eigenvalue weighted by Gasteiger charge is -2.06. The fraction of sp³-hybridized carbons (Fsp3) is 0.0588. The molecule has 23 heavy (non-hydrogen) atoms. The van der Waals surface area contributed by atoms with Gasteiger partial charge < -0.3 is 4.57 Å². The van der Waals surface area contributed by atoms with Gasteiger partial charge in [-0.05, 0) is 29.1 Å². The fourth-order valence-corrected chi connectivity index (χ4v) is 3.65. The lowest BCUT2D eigenvalue weighted by Crippen LogP contribution is -2.14. The molecule has 0 spiro atoms. The summed E-state index contributed by atoms with van der Waals surface area (Å²) < 4.78 is 2.09. The molecule has 2 heterocycles. The summed E-state index contributed by atoms with van der Waals surface area (Å²) in [5.41, 5.74) is 2.17. The molecule has 0 aliphatic heterocycles. The second kappa shape index (κ2) is 7.55. The fourth-order valence-electron chi connectivity index (χ4n) is 2.07. The number of thiophene rings is 1. The van der Waals surface area contributed by atoms with Crippen molar-refractivity contribution in [2.24, 2.45) is 10.2 Å². The van der Waals surface area contributed by atoms with Crippen molar-refractivity contribution in [3.63, 3.8) is 0 Å². The number of nitrogens with zero attached hydrogens (tertiary/aromatic N) is 3. The molecule has 0 bridgehead atoms. The van der Waals surface area contributed by atoms with Crippen molar-refractivity contribution < 1.29 is 0 Å². The minimum absolute atomic E-state index is 0.675. The molecule has 0 saturated heterocycles. The van der Waals surface area contributed by atoms with Crippen LogP contribution in [-0.4, -0.2) is 10.8 Å². The Morgan fingerprint density at radius 3 is 2.70 bits per heavy atom. The first-order valence-electron chi connectivity index (χ1n) is 6.93. The normalized spacial score (nSPS) is 12.1. The number of allylic oxidation sites excluding steroid dienone is 1. The summed E-state index contributed by atoms with van der Waals surface area (Å²) in [6.45, 7) is 4.51. The molecule has 0 aliphatic rings. The molecule has 6 heteroatoms. The van der Waals surface area contributed by atoms with Crippen LogP contribution >= 0.6 is 34.3 Å². The monoisotopic (exact) mass is 359 g/mol. The van der Waals surface area contributed by atoms with E-state index in [4.69, 9.17) is 11.6 Å². The Kier molecular flexibility index (Phi) is 5.23. The topological polar surface area (TPSA) is 29.6 Å². The number of hydrogen-bond donors (Lipinski definition) is 0. The molecule has 0 amide bonds. The van der Waals surface area contributed by atoms with Crippen molar-refractivity contribution in [2.75, 3.05) is 0 Å². The summed E-state index contributed by atoms with van der Waals surface area (Å²) in [5.74, 6) is 0. The van der Waals surface area contributed by atoms with Crippen LogP contribution in [0.4, 0.5) is 0 Å². The van der Waals surface area contributed by atoms with E-state index in [0.717, 1.165) is 26.0 Å². The van der Waals surface area contributed by atoms with Gasteiger partial charge in [-0.25, -0.2) is 0 Å². The smallest absolute Gasteiger partial charge is 0.211 e. The summed E-state index contributed by atoms with van der Waals surface area (Å²) in [6.07, 6.45) is 3.62. The van der Waals surface area contributed by atoms with Crippen LogP contribution in [0.1, 0.15) is 4.88 Å². The molecular formula is C17H14ClN3S2. The SMILES string of the molecule is C=CCn1c(-c2ccc(Cl)cc2)cs/c1=N/N=C/c1cccs1. The van der Waals surface area contributed by atoms with Crippen molar-refractivity contribution in [1.82, 2.24) is 4.57 Å². The Bertz CT molecular complexity index is 871. The molecule has 0 saturated carbocycles. The molecule has 2 aromatic heterocycles. The average Bonchev–Trinajstić information content (AvgIpc) is 3.20. The van der Waals surface area contributed by atoms with E-state index < -0.39 is 0 Å². The van der Waals surface area contributed by atoms with E-state index in [1.807, 2.05) is 47.9 Å². The van der Waals surface area contributed by atoms with Gasteiger partial charge in [0.1, 0.15) is 0 Å². The summed E-state index contributed by atoms with van der Waals surface area (Å²) >= 11 is 9.16. The van der Waals surface area contributed by atoms with Crippen molar-refractivity contribution >= 4 is 40.5 Å². The van der Waals surface area contributed by atoms with Gasteiger partial charge in [0.15, 0.2) is 0 Å². The third-order valence-electron chi connectivity index (χ3n) is 3.12. The number of hydrogen-bond acceptors (Lipinski definition) is 4. The van der Waals surface area contributed by atoms with Crippen LogP contribution in [0.3, 0.4) is 0 Å². The first-order valence-corrected chi connectivity index (χ1v) is 9.07. The quantitative estimate of drug-likeness (QED) is 0.346. The van der Waals surface area contributed by atoms with Crippen LogP contribution in [0, 0.1) is 0 Å². The molecule has 116 valence electrons. The number of thiazole rings is 1. The highest BCUT2D eigenvalue weighted by Crippen LogP contribution is 2.22. The molecule has 0 atom stereocenters. The van der Waals surface area contributed by atoms with E-state index in [1.54, 1.807) is 28.9 Å². The molecule has 0 fully saturated rings. The summed E-state index contributed by atoms with van der Waals surface area (Å²) in [5, 5.41) is 13.4. The van der Waals surface area contributed by atoms with Gasteiger partial charge in [-0.3, -0.25) is 0 Å². The molecular weight excluding hydrogens is 346 g/mol. The maximum atomic E-state index is 5.97. The molecule has 3 rings (SSSR count). The summed E-state index contributed by atoms with van der Waals surface area (Å²) in [4.78, 5) is 1.92. The lowest BCUT2D eigenvalue weighted by atomic mass is 10.2. The third kappa shape index (κ3) is 3.88. The maximum absolute atomic E-state index is 5.97. The Labute approximate surface area is 147 Å². The zero-order chi connectivity index (χ0) is 16.1. The van der Waals surface area contributed by atoms with Gasteiger partial charge in [0.05, 0.1) is 11.9 Å². The van der Waals surface area contributed by atoms with Crippen LogP contribution in [0.2, 0.25) is 5.02 Å². The Hall–Kier alpha value is -1.95. The number of rotatable bonds is 5. The van der Waals surface area contributed by atoms with Gasteiger partial charge in [0.2, 0.25) is 4.80 Å². The zero-order valence-corrected chi connectivity index (χ0v) is 14.6. The van der Waals surface area contributed by atoms with E-state index >= 15 is 0 Å². The van der Waals surface area contributed by atoms with Gasteiger partial charge in [0.25, 0.3) is 0 Å². The Morgan fingerprint density at radius 1 is 1.17 bits per heavy atom. The predicted octanol–water partition coefficient (Wildman–Crippen LogP) is 5.05. The second-order valence-corrected chi connectivity index (χ2v) is 6.92. The average molecular weight is 360 g/mol. The largest absolute Gasteiger partial charge is 0.311 e. The predicted molar refractivity (Wildman–Crippen MR) is 100 cm³/mol. The molecule has 1 aromatic carbocycles. The van der Waals surface area contributed by atoms with Crippen molar-refractivity contribution in [3.8, 4) is 11.3 Å². The Morgan fingerprint density at radius 2 is 2.00 bits per heavy atom. The number of benzene rings is 1. The van der Waals surface area contributed by atoms with Crippen LogP contribution < -0.4 is 4.80 Å². The highest BCUT2D eigenvalue weighted by molar-refractivity contribution is 7.11. The summed E-state index contributed by atoms with van der Waals surface area (Å²) in [6, 6.07) is 11.8. The molecule has 0 unspecified atom stereocenters. The molecule has 0 aliphatic carbocycles. The van der Waals surface area contributed by atoms with Crippen LogP contribution in [0.15, 0.2) is 70.0 Å². The number of aromatic nitrogens is 1.